The summed E-state index contributed by atoms with van der Waals surface area (Å²) in [5.41, 5.74) is 0.683. The van der Waals surface area contributed by atoms with Gasteiger partial charge in [0.2, 0.25) is 5.91 Å². The third-order valence-corrected chi connectivity index (χ3v) is 4.31. The molecular weight excluding hydrogens is 353 g/mol. The van der Waals surface area contributed by atoms with E-state index in [4.69, 9.17) is 4.74 Å². The van der Waals surface area contributed by atoms with Crippen molar-refractivity contribution in [3.63, 3.8) is 0 Å². The Morgan fingerprint density at radius 3 is 2.42 bits per heavy atom. The zero-order chi connectivity index (χ0) is 18.2. The summed E-state index contributed by atoms with van der Waals surface area (Å²) in [4.78, 5) is 20.9. The van der Waals surface area contributed by atoms with Crippen molar-refractivity contribution in [1.82, 2.24) is 9.97 Å². The number of carbonyl (C=O) groups is 1. The minimum Gasteiger partial charge on any atom is -0.424 e. The molecule has 0 radical (unpaired) electrons. The summed E-state index contributed by atoms with van der Waals surface area (Å²) in [5.74, 6) is 0.850. The molecule has 0 saturated heterocycles. The van der Waals surface area contributed by atoms with Gasteiger partial charge in [-0.1, -0.05) is 0 Å². The summed E-state index contributed by atoms with van der Waals surface area (Å²) in [7, 11) is 0. The number of anilines is 1. The third-order valence-electron chi connectivity index (χ3n) is 3.30. The lowest BCUT2D eigenvalue weighted by molar-refractivity contribution is -0.115. The first-order valence-corrected chi connectivity index (χ1v) is 8.91. The maximum Gasteiger partial charge on any atom is 0.321 e. The lowest BCUT2D eigenvalue weighted by Gasteiger charge is -2.07. The maximum atomic E-state index is 12.8. The monoisotopic (exact) mass is 369 g/mol. The van der Waals surface area contributed by atoms with Gasteiger partial charge in [-0.2, -0.15) is 0 Å². The van der Waals surface area contributed by atoms with Crippen LogP contribution in [0, 0.1) is 5.82 Å². The Balaban J connectivity index is 1.44. The first-order valence-electron chi connectivity index (χ1n) is 7.92. The number of ether oxygens (including phenoxy) is 1. The molecule has 0 unspecified atom stereocenters. The number of halogens is 1. The highest BCUT2D eigenvalue weighted by Gasteiger charge is 2.05. The first-order chi connectivity index (χ1) is 12.7. The molecule has 0 saturated carbocycles. The SMILES string of the molecule is O=C(CCSc1ccc(F)cc1)Nc1ccc(Oc2ncccn2)cc1. The second-order valence-corrected chi connectivity index (χ2v) is 6.43. The Bertz CT molecular complexity index is 843. The van der Waals surface area contributed by atoms with Gasteiger partial charge in [0.15, 0.2) is 0 Å². The zero-order valence-electron chi connectivity index (χ0n) is 13.8. The van der Waals surface area contributed by atoms with Crippen LogP contribution < -0.4 is 10.1 Å². The summed E-state index contributed by atoms with van der Waals surface area (Å²) < 4.78 is 18.3. The van der Waals surface area contributed by atoms with Crippen LogP contribution in [0.1, 0.15) is 6.42 Å². The summed E-state index contributed by atoms with van der Waals surface area (Å²) in [6.45, 7) is 0. The van der Waals surface area contributed by atoms with Crippen LogP contribution in [-0.2, 0) is 4.79 Å². The molecule has 3 rings (SSSR count). The molecule has 1 amide bonds. The van der Waals surface area contributed by atoms with Gasteiger partial charge in [-0.15, -0.1) is 11.8 Å². The number of nitrogens with zero attached hydrogens (tertiary/aromatic N) is 2. The van der Waals surface area contributed by atoms with Crippen molar-refractivity contribution in [2.45, 2.75) is 11.3 Å². The number of amides is 1. The van der Waals surface area contributed by atoms with E-state index in [1.807, 2.05) is 0 Å². The van der Waals surface area contributed by atoms with Gasteiger partial charge in [0.1, 0.15) is 11.6 Å². The van der Waals surface area contributed by atoms with Crippen LogP contribution in [-0.4, -0.2) is 21.6 Å². The number of nitrogens with one attached hydrogen (secondary N) is 1. The molecule has 1 N–H and O–H groups in total. The fourth-order valence-corrected chi connectivity index (χ4v) is 2.92. The highest BCUT2D eigenvalue weighted by atomic mass is 32.2. The number of rotatable bonds is 7. The molecule has 3 aromatic rings. The molecule has 0 bridgehead atoms. The van der Waals surface area contributed by atoms with Crippen molar-refractivity contribution in [2.24, 2.45) is 0 Å². The van der Waals surface area contributed by atoms with E-state index in [1.54, 1.807) is 54.9 Å². The quantitative estimate of drug-likeness (QED) is 0.620. The fourth-order valence-electron chi connectivity index (χ4n) is 2.07. The molecule has 5 nitrogen and oxygen atoms in total. The Morgan fingerprint density at radius 2 is 1.73 bits per heavy atom. The molecule has 1 aromatic heterocycles. The van der Waals surface area contributed by atoms with E-state index in [0.717, 1.165) is 4.90 Å². The zero-order valence-corrected chi connectivity index (χ0v) is 14.6. The van der Waals surface area contributed by atoms with Gasteiger partial charge in [0, 0.05) is 35.2 Å². The minimum absolute atomic E-state index is 0.0836. The molecule has 7 heteroatoms. The van der Waals surface area contributed by atoms with Crippen LogP contribution in [0.15, 0.2) is 71.9 Å². The van der Waals surface area contributed by atoms with E-state index in [1.165, 1.54) is 23.9 Å². The maximum absolute atomic E-state index is 12.8. The topological polar surface area (TPSA) is 64.1 Å². The van der Waals surface area contributed by atoms with E-state index >= 15 is 0 Å². The molecule has 132 valence electrons. The Labute approximate surface area is 154 Å². The third kappa shape index (κ3) is 5.56. The molecule has 2 aromatic carbocycles. The molecule has 0 fully saturated rings. The largest absolute Gasteiger partial charge is 0.424 e. The van der Waals surface area contributed by atoms with Gasteiger partial charge in [-0.05, 0) is 54.6 Å². The summed E-state index contributed by atoms with van der Waals surface area (Å²) in [6.07, 6.45) is 3.56. The molecular formula is C19H16FN3O2S. The van der Waals surface area contributed by atoms with E-state index in [9.17, 15) is 9.18 Å². The van der Waals surface area contributed by atoms with E-state index in [-0.39, 0.29) is 17.7 Å². The van der Waals surface area contributed by atoms with E-state index < -0.39 is 0 Å². The Kier molecular flexibility index (Phi) is 6.16. The van der Waals surface area contributed by atoms with Crippen molar-refractivity contribution < 1.29 is 13.9 Å². The Morgan fingerprint density at radius 1 is 1.04 bits per heavy atom. The van der Waals surface area contributed by atoms with Gasteiger partial charge in [0.25, 0.3) is 0 Å². The van der Waals surface area contributed by atoms with E-state index in [2.05, 4.69) is 15.3 Å². The number of carbonyl (C=O) groups excluding carboxylic acids is 1. The molecule has 0 atom stereocenters. The highest BCUT2D eigenvalue weighted by Crippen LogP contribution is 2.21. The van der Waals surface area contributed by atoms with Crippen molar-refractivity contribution >= 4 is 23.4 Å². The number of aromatic nitrogens is 2. The average Bonchev–Trinajstić information content (AvgIpc) is 2.66. The van der Waals surface area contributed by atoms with Crippen LogP contribution in [0.2, 0.25) is 0 Å². The summed E-state index contributed by atoms with van der Waals surface area (Å²) >= 11 is 1.51. The second kappa shape index (κ2) is 8.96. The predicted molar refractivity (Wildman–Crippen MR) is 98.9 cm³/mol. The van der Waals surface area contributed by atoms with Crippen LogP contribution in [0.4, 0.5) is 10.1 Å². The predicted octanol–water partition coefficient (Wildman–Crippen LogP) is 4.53. The van der Waals surface area contributed by atoms with Crippen molar-refractivity contribution in [1.29, 1.82) is 0 Å². The summed E-state index contributed by atoms with van der Waals surface area (Å²) in [5, 5.41) is 2.83. The normalized spacial score (nSPS) is 10.3. The van der Waals surface area contributed by atoms with Crippen LogP contribution in [0.3, 0.4) is 0 Å². The van der Waals surface area contributed by atoms with Gasteiger partial charge in [-0.25, -0.2) is 14.4 Å². The van der Waals surface area contributed by atoms with Crippen molar-refractivity contribution in [2.75, 3.05) is 11.1 Å². The van der Waals surface area contributed by atoms with Crippen LogP contribution in [0.5, 0.6) is 11.8 Å². The van der Waals surface area contributed by atoms with Crippen LogP contribution >= 0.6 is 11.8 Å². The highest BCUT2D eigenvalue weighted by molar-refractivity contribution is 7.99. The van der Waals surface area contributed by atoms with Gasteiger partial charge >= 0.3 is 6.01 Å². The Hall–Kier alpha value is -2.93. The smallest absolute Gasteiger partial charge is 0.321 e. The number of hydrogen-bond acceptors (Lipinski definition) is 5. The van der Waals surface area contributed by atoms with Gasteiger partial charge in [0.05, 0.1) is 0 Å². The standard InChI is InChI=1S/C19H16FN3O2S/c20-14-2-8-17(9-3-14)26-13-10-18(24)23-15-4-6-16(7-5-15)25-19-21-11-1-12-22-19/h1-9,11-12H,10,13H2,(H,23,24). The second-order valence-electron chi connectivity index (χ2n) is 5.26. The summed E-state index contributed by atoms with van der Waals surface area (Å²) in [6, 6.07) is 15.2. The lowest BCUT2D eigenvalue weighted by atomic mass is 10.3. The molecule has 0 spiro atoms. The number of hydrogen-bond donors (Lipinski definition) is 1. The number of benzene rings is 2. The molecule has 0 aliphatic carbocycles. The van der Waals surface area contributed by atoms with Crippen molar-refractivity contribution in [3.8, 4) is 11.8 Å². The molecule has 26 heavy (non-hydrogen) atoms. The molecule has 0 aliphatic heterocycles. The molecule has 0 aliphatic rings. The fraction of sp³-hybridized carbons (Fsp3) is 0.105. The number of thioether (sulfide) groups is 1. The molecule has 1 heterocycles. The van der Waals surface area contributed by atoms with E-state index in [0.29, 0.717) is 23.6 Å². The van der Waals surface area contributed by atoms with Gasteiger partial charge < -0.3 is 10.1 Å². The minimum atomic E-state index is -0.265. The van der Waals surface area contributed by atoms with Gasteiger partial charge in [-0.3, -0.25) is 4.79 Å². The first kappa shape index (κ1) is 17.9. The average molecular weight is 369 g/mol. The van der Waals surface area contributed by atoms with Crippen LogP contribution in [0.25, 0.3) is 0 Å². The van der Waals surface area contributed by atoms with Crippen molar-refractivity contribution in [3.05, 3.63) is 72.8 Å². The lowest BCUT2D eigenvalue weighted by Crippen LogP contribution is -2.12.